The second-order valence-electron chi connectivity index (χ2n) is 5.10. The highest BCUT2D eigenvalue weighted by atomic mass is 16.5. The fourth-order valence-electron chi connectivity index (χ4n) is 2.15. The average Bonchev–Trinajstić information content (AvgIpc) is 2.56. The van der Waals surface area contributed by atoms with Gasteiger partial charge in [0.05, 0.1) is 13.2 Å². The van der Waals surface area contributed by atoms with Crippen molar-refractivity contribution in [2.45, 2.75) is 20.8 Å². The van der Waals surface area contributed by atoms with Gasteiger partial charge in [0.2, 0.25) is 5.43 Å². The molecule has 0 unspecified atom stereocenters. The van der Waals surface area contributed by atoms with Gasteiger partial charge in [0, 0.05) is 18.1 Å². The maximum absolute atomic E-state index is 12.4. The minimum absolute atomic E-state index is 0.131. The first-order valence-corrected chi connectivity index (χ1v) is 7.65. The summed E-state index contributed by atoms with van der Waals surface area (Å²) in [5, 5.41) is 0. The Morgan fingerprint density at radius 3 is 1.79 bits per heavy atom. The van der Waals surface area contributed by atoms with E-state index in [1.54, 1.807) is 18.4 Å². The molecule has 6 heteroatoms. The van der Waals surface area contributed by atoms with E-state index >= 15 is 0 Å². The van der Waals surface area contributed by atoms with E-state index in [1.165, 1.54) is 12.4 Å². The van der Waals surface area contributed by atoms with Crippen LogP contribution in [0.1, 0.15) is 40.1 Å². The van der Waals surface area contributed by atoms with Gasteiger partial charge in [0.25, 0.3) is 0 Å². The monoisotopic (exact) mass is 329 g/mol. The van der Waals surface area contributed by atoms with Crippen molar-refractivity contribution >= 4 is 11.9 Å². The number of esters is 2. The smallest absolute Gasteiger partial charge is 0.343 e. The molecule has 0 saturated heterocycles. The zero-order valence-electron chi connectivity index (χ0n) is 13.9. The van der Waals surface area contributed by atoms with E-state index in [-0.39, 0.29) is 24.3 Å². The molecular weight excluding hydrogens is 310 g/mol. The molecule has 1 aromatic heterocycles. The van der Waals surface area contributed by atoms with E-state index < -0.39 is 17.4 Å². The summed E-state index contributed by atoms with van der Waals surface area (Å²) in [5.74, 6) is -1.54. The second kappa shape index (κ2) is 7.59. The van der Waals surface area contributed by atoms with Crippen LogP contribution in [0.15, 0.2) is 41.5 Å². The molecule has 0 fully saturated rings. The zero-order valence-corrected chi connectivity index (χ0v) is 13.9. The Morgan fingerprint density at radius 1 is 0.917 bits per heavy atom. The summed E-state index contributed by atoms with van der Waals surface area (Å²) < 4.78 is 11.4. The summed E-state index contributed by atoms with van der Waals surface area (Å²) >= 11 is 0. The van der Waals surface area contributed by atoms with Gasteiger partial charge in [-0.15, -0.1) is 0 Å². The van der Waals surface area contributed by atoms with Gasteiger partial charge >= 0.3 is 11.9 Å². The maximum atomic E-state index is 12.4. The summed E-state index contributed by atoms with van der Waals surface area (Å²) in [6.45, 7) is 5.50. The molecule has 0 atom stereocenters. The van der Waals surface area contributed by atoms with Gasteiger partial charge in [0.1, 0.15) is 11.1 Å². The lowest BCUT2D eigenvalue weighted by Gasteiger charge is -2.11. The van der Waals surface area contributed by atoms with Crippen LogP contribution in [-0.4, -0.2) is 29.7 Å². The highest BCUT2D eigenvalue weighted by Gasteiger charge is 2.21. The average molecular weight is 329 g/mol. The molecule has 0 N–H and O–H groups in total. The molecule has 0 bridgehead atoms. The standard InChI is InChI=1S/C18H19NO5/c1-4-23-17(21)14-10-19(13-8-6-12(3)7-9-13)11-15(16(14)20)18(22)24-5-2/h6-11H,4-5H2,1-3H3. The number of carbonyl (C=O) groups excluding carboxylic acids is 2. The Balaban J connectivity index is 2.63. The largest absolute Gasteiger partial charge is 0.462 e. The van der Waals surface area contributed by atoms with Crippen molar-refractivity contribution in [3.05, 3.63) is 63.6 Å². The third-order valence-electron chi connectivity index (χ3n) is 3.35. The van der Waals surface area contributed by atoms with Crippen molar-refractivity contribution in [3.8, 4) is 5.69 Å². The first-order chi connectivity index (χ1) is 11.5. The van der Waals surface area contributed by atoms with E-state index in [4.69, 9.17) is 9.47 Å². The molecule has 0 aliphatic rings. The molecule has 2 aromatic rings. The summed E-state index contributed by atoms with van der Waals surface area (Å²) in [5.41, 5.74) is 0.661. The summed E-state index contributed by atoms with van der Waals surface area (Å²) in [6.07, 6.45) is 2.74. The van der Waals surface area contributed by atoms with Gasteiger partial charge in [-0.05, 0) is 32.9 Å². The number of rotatable bonds is 5. The van der Waals surface area contributed by atoms with Crippen LogP contribution in [0.5, 0.6) is 0 Å². The van der Waals surface area contributed by atoms with Crippen LogP contribution in [0.2, 0.25) is 0 Å². The molecule has 24 heavy (non-hydrogen) atoms. The Labute approximate surface area is 139 Å². The van der Waals surface area contributed by atoms with E-state index in [9.17, 15) is 14.4 Å². The predicted molar refractivity (Wildman–Crippen MR) is 88.7 cm³/mol. The third-order valence-corrected chi connectivity index (χ3v) is 3.35. The molecular formula is C18H19NO5. The van der Waals surface area contributed by atoms with E-state index in [2.05, 4.69) is 0 Å². The molecule has 1 aromatic carbocycles. The molecule has 6 nitrogen and oxygen atoms in total. The number of hydrogen-bond acceptors (Lipinski definition) is 5. The summed E-state index contributed by atoms with van der Waals surface area (Å²) in [7, 11) is 0. The molecule has 0 spiro atoms. The Kier molecular flexibility index (Phi) is 5.52. The summed E-state index contributed by atoms with van der Waals surface area (Å²) in [6, 6.07) is 7.43. The number of ether oxygens (including phenoxy) is 2. The fraction of sp³-hybridized carbons (Fsp3) is 0.278. The third kappa shape index (κ3) is 3.71. The molecule has 126 valence electrons. The summed E-state index contributed by atoms with van der Waals surface area (Å²) in [4.78, 5) is 36.5. The number of pyridine rings is 1. The minimum atomic E-state index is -0.769. The molecule has 0 saturated carbocycles. The van der Waals surface area contributed by atoms with Crippen molar-refractivity contribution in [1.82, 2.24) is 4.57 Å². The molecule has 1 heterocycles. The van der Waals surface area contributed by atoms with Gasteiger partial charge in [-0.2, -0.15) is 0 Å². The number of hydrogen-bond donors (Lipinski definition) is 0. The van der Waals surface area contributed by atoms with Crippen LogP contribution in [0, 0.1) is 6.92 Å². The van der Waals surface area contributed by atoms with Crippen molar-refractivity contribution < 1.29 is 19.1 Å². The highest BCUT2D eigenvalue weighted by molar-refractivity contribution is 5.94. The quantitative estimate of drug-likeness (QED) is 0.788. The lowest BCUT2D eigenvalue weighted by atomic mass is 10.1. The van der Waals surface area contributed by atoms with Gasteiger partial charge in [-0.3, -0.25) is 4.79 Å². The minimum Gasteiger partial charge on any atom is -0.462 e. The fourth-order valence-corrected chi connectivity index (χ4v) is 2.15. The van der Waals surface area contributed by atoms with Crippen molar-refractivity contribution in [1.29, 1.82) is 0 Å². The molecule has 2 rings (SSSR count). The number of benzene rings is 1. The number of carbonyl (C=O) groups is 2. The first-order valence-electron chi connectivity index (χ1n) is 7.65. The lowest BCUT2D eigenvalue weighted by molar-refractivity contribution is 0.0520. The number of aromatic nitrogens is 1. The van der Waals surface area contributed by atoms with Crippen LogP contribution in [0.3, 0.4) is 0 Å². The lowest BCUT2D eigenvalue weighted by Crippen LogP contribution is -2.26. The molecule has 0 radical (unpaired) electrons. The van der Waals surface area contributed by atoms with Gasteiger partial charge in [-0.25, -0.2) is 9.59 Å². The van der Waals surface area contributed by atoms with Crippen LogP contribution >= 0.6 is 0 Å². The van der Waals surface area contributed by atoms with E-state index in [0.29, 0.717) is 5.69 Å². The highest BCUT2D eigenvalue weighted by Crippen LogP contribution is 2.12. The van der Waals surface area contributed by atoms with Crippen LogP contribution in [-0.2, 0) is 9.47 Å². The normalized spacial score (nSPS) is 10.3. The topological polar surface area (TPSA) is 74.6 Å². The van der Waals surface area contributed by atoms with Crippen LogP contribution in [0.25, 0.3) is 5.69 Å². The van der Waals surface area contributed by atoms with Gasteiger partial charge in [-0.1, -0.05) is 17.7 Å². The van der Waals surface area contributed by atoms with Crippen molar-refractivity contribution in [3.63, 3.8) is 0 Å². The maximum Gasteiger partial charge on any atom is 0.343 e. The van der Waals surface area contributed by atoms with Crippen molar-refractivity contribution in [2.24, 2.45) is 0 Å². The van der Waals surface area contributed by atoms with Crippen LogP contribution in [0.4, 0.5) is 0 Å². The number of aryl methyl sites for hydroxylation is 1. The Morgan fingerprint density at radius 2 is 1.38 bits per heavy atom. The second-order valence-corrected chi connectivity index (χ2v) is 5.10. The first kappa shape index (κ1) is 17.5. The van der Waals surface area contributed by atoms with Crippen molar-refractivity contribution in [2.75, 3.05) is 13.2 Å². The number of nitrogens with zero attached hydrogens (tertiary/aromatic N) is 1. The van der Waals surface area contributed by atoms with Gasteiger partial charge in [0.15, 0.2) is 0 Å². The molecule has 0 aliphatic carbocycles. The predicted octanol–water partition coefficient (Wildman–Crippen LogP) is 2.50. The molecule has 0 amide bonds. The Hall–Kier alpha value is -2.89. The van der Waals surface area contributed by atoms with E-state index in [0.717, 1.165) is 5.56 Å². The van der Waals surface area contributed by atoms with E-state index in [1.807, 2.05) is 31.2 Å². The SMILES string of the molecule is CCOC(=O)c1cn(-c2ccc(C)cc2)cc(C(=O)OCC)c1=O. The Bertz CT molecular complexity index is 763. The molecule has 0 aliphatic heterocycles. The van der Waals surface area contributed by atoms with Gasteiger partial charge < -0.3 is 14.0 Å². The zero-order chi connectivity index (χ0) is 17.7. The van der Waals surface area contributed by atoms with Crippen LogP contribution < -0.4 is 5.43 Å².